The van der Waals surface area contributed by atoms with Gasteiger partial charge in [-0.05, 0) is 77.6 Å². The second-order valence-electron chi connectivity index (χ2n) is 13.8. The summed E-state index contributed by atoms with van der Waals surface area (Å²) in [5.41, 5.74) is 0.818. The van der Waals surface area contributed by atoms with Gasteiger partial charge in [0.05, 0.1) is 12.1 Å². The minimum absolute atomic E-state index is 0.0313. The number of hydrogen-bond acceptors (Lipinski definition) is 4. The number of hydrogen-bond donors (Lipinski definition) is 3. The fraction of sp³-hybridized carbons (Fsp3) is 0.645. The zero-order valence-corrected chi connectivity index (χ0v) is 27.6. The summed E-state index contributed by atoms with van der Waals surface area (Å²) in [4.78, 5) is 30.9. The Hall–Kier alpha value is -2.65. The van der Waals surface area contributed by atoms with Gasteiger partial charge < -0.3 is 19.6 Å². The van der Waals surface area contributed by atoms with Crippen molar-refractivity contribution in [3.05, 3.63) is 48.3 Å². The monoisotopic (exact) mass is 571 g/mol. The van der Waals surface area contributed by atoms with Crippen LogP contribution in [0.15, 0.2) is 42.7 Å². The summed E-state index contributed by atoms with van der Waals surface area (Å²) in [6.45, 7) is 23.0. The van der Waals surface area contributed by atoms with Gasteiger partial charge in [-0.1, -0.05) is 58.0 Å². The van der Waals surface area contributed by atoms with Gasteiger partial charge in [0.2, 0.25) is 11.9 Å². The lowest BCUT2D eigenvalue weighted by Gasteiger charge is -2.42. The van der Waals surface area contributed by atoms with Crippen LogP contribution in [0.3, 0.4) is 0 Å². The average molecular weight is 572 g/mol. The first-order valence-electron chi connectivity index (χ1n) is 14.5. The molecule has 8 nitrogen and oxygen atoms in total. The van der Waals surface area contributed by atoms with Crippen molar-refractivity contribution in [1.82, 2.24) is 20.2 Å². The molecule has 0 aliphatic rings. The number of anilines is 1. The molecule has 9 heteroatoms. The Balaban J connectivity index is 2.36. The van der Waals surface area contributed by atoms with Crippen molar-refractivity contribution < 1.29 is 14.0 Å². The van der Waals surface area contributed by atoms with E-state index in [0.29, 0.717) is 18.8 Å². The second kappa shape index (κ2) is 13.8. The molecule has 3 atom stereocenters. The molecule has 1 aromatic heterocycles. The van der Waals surface area contributed by atoms with Crippen LogP contribution in [0.25, 0.3) is 0 Å². The van der Waals surface area contributed by atoms with E-state index < -0.39 is 8.32 Å². The normalized spacial score (nSPS) is 14.9. The summed E-state index contributed by atoms with van der Waals surface area (Å²) in [6, 6.07) is 9.92. The number of aromatic nitrogens is 2. The van der Waals surface area contributed by atoms with Gasteiger partial charge in [-0.15, -0.1) is 0 Å². The fourth-order valence-corrected chi connectivity index (χ4v) is 5.60. The lowest BCUT2D eigenvalue weighted by Crippen LogP contribution is -2.56. The topological polar surface area (TPSA) is 97.3 Å². The zero-order chi connectivity index (χ0) is 30.3. The zero-order valence-electron chi connectivity index (χ0n) is 26.6. The van der Waals surface area contributed by atoms with Gasteiger partial charge in [-0.25, -0.2) is 9.78 Å². The number of nitrogens with one attached hydrogen (secondary N) is 3. The summed E-state index contributed by atoms with van der Waals surface area (Å²) < 4.78 is 8.94. The molecule has 0 spiro atoms. The van der Waals surface area contributed by atoms with Crippen LogP contribution in [0.4, 0.5) is 10.7 Å². The number of amides is 3. The van der Waals surface area contributed by atoms with Crippen molar-refractivity contribution in [3.8, 4) is 0 Å². The highest BCUT2D eigenvalue weighted by atomic mass is 28.4. The number of benzene rings is 1. The van der Waals surface area contributed by atoms with Crippen molar-refractivity contribution in [2.24, 2.45) is 5.92 Å². The first-order chi connectivity index (χ1) is 18.4. The van der Waals surface area contributed by atoms with E-state index >= 15 is 0 Å². The third-order valence-electron chi connectivity index (χ3n) is 7.59. The molecule has 2 rings (SSSR count). The molecule has 1 aromatic carbocycles. The van der Waals surface area contributed by atoms with Crippen LogP contribution >= 0.6 is 0 Å². The van der Waals surface area contributed by atoms with Gasteiger partial charge in [-0.3, -0.25) is 10.1 Å². The number of carbonyl (C=O) groups is 2. The van der Waals surface area contributed by atoms with E-state index in [9.17, 15) is 9.59 Å². The molecule has 0 aliphatic heterocycles. The van der Waals surface area contributed by atoms with E-state index in [1.807, 2.05) is 56.7 Å². The molecule has 224 valence electrons. The van der Waals surface area contributed by atoms with Crippen LogP contribution in [0, 0.1) is 5.92 Å². The number of rotatable bonds is 12. The molecule has 0 saturated heterocycles. The number of urea groups is 1. The van der Waals surface area contributed by atoms with Crippen LogP contribution in [0.1, 0.15) is 86.8 Å². The van der Waals surface area contributed by atoms with Crippen LogP contribution in [-0.4, -0.2) is 47.5 Å². The quantitative estimate of drug-likeness (QED) is 0.241. The number of aryl methyl sites for hydroxylation is 1. The molecule has 40 heavy (non-hydrogen) atoms. The van der Waals surface area contributed by atoms with Crippen LogP contribution in [0.5, 0.6) is 0 Å². The minimum atomic E-state index is -2.25. The number of imidazole rings is 1. The van der Waals surface area contributed by atoms with Crippen molar-refractivity contribution in [2.75, 3.05) is 5.32 Å². The molecule has 3 amide bonds. The summed E-state index contributed by atoms with van der Waals surface area (Å²) in [5, 5.41) is 9.24. The molecular weight excluding hydrogens is 518 g/mol. The fourth-order valence-electron chi connectivity index (χ4n) is 4.23. The van der Waals surface area contributed by atoms with Crippen molar-refractivity contribution in [2.45, 2.75) is 123 Å². The summed E-state index contributed by atoms with van der Waals surface area (Å²) in [6.07, 6.45) is 5.15. The highest BCUT2D eigenvalue weighted by Crippen LogP contribution is 2.38. The smallest absolute Gasteiger partial charge is 0.315 e. The second-order valence-corrected chi connectivity index (χ2v) is 18.5. The minimum Gasteiger partial charge on any atom is -0.412 e. The van der Waals surface area contributed by atoms with E-state index in [4.69, 9.17) is 4.43 Å². The van der Waals surface area contributed by atoms with Gasteiger partial charge in [0.1, 0.15) is 0 Å². The molecule has 0 radical (unpaired) electrons. The third kappa shape index (κ3) is 10.4. The van der Waals surface area contributed by atoms with Crippen molar-refractivity contribution >= 4 is 26.2 Å². The Morgan fingerprint density at radius 2 is 1.65 bits per heavy atom. The van der Waals surface area contributed by atoms with Gasteiger partial charge in [0.15, 0.2) is 8.32 Å². The lowest BCUT2D eigenvalue weighted by molar-refractivity contribution is -0.120. The SMILES string of the molecule is CC(CC(O[Si](C)(C)C(C)(C)C)C(CCc1ccccc1)NC(=O)NC(C)(C)C)C(=O)Nc1nccn1C(C)C. The van der Waals surface area contributed by atoms with E-state index in [-0.39, 0.29) is 46.6 Å². The summed E-state index contributed by atoms with van der Waals surface area (Å²) in [7, 11) is -2.25. The molecule has 2 aromatic rings. The highest BCUT2D eigenvalue weighted by Gasteiger charge is 2.42. The molecule has 0 saturated carbocycles. The number of carbonyl (C=O) groups excluding carboxylic acids is 2. The van der Waals surface area contributed by atoms with Crippen molar-refractivity contribution in [3.63, 3.8) is 0 Å². The standard InChI is InChI=1S/C31H53N5O3Si/c1-22(2)36-20-19-32-28(36)34-27(37)23(3)21-26(39-40(10,11)31(7,8)9)25(33-29(38)35-30(4,5)6)18-17-24-15-13-12-14-16-24/h12-16,19-20,22-23,25-26H,17-18,21H2,1-11H3,(H,32,34,37)(H2,33,35,38). The third-order valence-corrected chi connectivity index (χ3v) is 12.1. The summed E-state index contributed by atoms with van der Waals surface area (Å²) >= 11 is 0. The van der Waals surface area contributed by atoms with Crippen LogP contribution < -0.4 is 16.0 Å². The Kier molecular flexibility index (Phi) is 11.6. The van der Waals surface area contributed by atoms with Gasteiger partial charge >= 0.3 is 6.03 Å². The summed E-state index contributed by atoms with van der Waals surface area (Å²) in [5.74, 6) is 0.0636. The predicted molar refractivity (Wildman–Crippen MR) is 167 cm³/mol. The molecule has 3 N–H and O–H groups in total. The van der Waals surface area contributed by atoms with E-state index in [2.05, 4.69) is 80.8 Å². The molecule has 0 bridgehead atoms. The van der Waals surface area contributed by atoms with Crippen LogP contribution in [-0.2, 0) is 15.6 Å². The maximum Gasteiger partial charge on any atom is 0.315 e. The number of nitrogens with zero attached hydrogens (tertiary/aromatic N) is 2. The Morgan fingerprint density at radius 3 is 2.20 bits per heavy atom. The Morgan fingerprint density at radius 1 is 1.02 bits per heavy atom. The molecule has 1 heterocycles. The maximum atomic E-state index is 13.4. The highest BCUT2D eigenvalue weighted by molar-refractivity contribution is 6.74. The average Bonchev–Trinajstić information content (AvgIpc) is 3.28. The lowest BCUT2D eigenvalue weighted by atomic mass is 9.94. The van der Waals surface area contributed by atoms with Crippen LogP contribution in [0.2, 0.25) is 18.1 Å². The predicted octanol–water partition coefficient (Wildman–Crippen LogP) is 6.92. The van der Waals surface area contributed by atoms with E-state index in [1.165, 1.54) is 5.56 Å². The molecule has 0 fully saturated rings. The van der Waals surface area contributed by atoms with Gasteiger partial charge in [0, 0.05) is 29.9 Å². The van der Waals surface area contributed by atoms with E-state index in [0.717, 1.165) is 6.42 Å². The molecule has 3 unspecified atom stereocenters. The largest absolute Gasteiger partial charge is 0.412 e. The van der Waals surface area contributed by atoms with E-state index in [1.54, 1.807) is 6.20 Å². The molecule has 0 aliphatic carbocycles. The first kappa shape index (κ1) is 33.6. The Labute approximate surface area is 243 Å². The first-order valence-corrected chi connectivity index (χ1v) is 17.4. The Bertz CT molecular complexity index is 1090. The van der Waals surface area contributed by atoms with Gasteiger partial charge in [-0.2, -0.15) is 0 Å². The van der Waals surface area contributed by atoms with Crippen molar-refractivity contribution in [1.29, 1.82) is 0 Å². The van der Waals surface area contributed by atoms with Gasteiger partial charge in [0.25, 0.3) is 0 Å². The molecular formula is C31H53N5O3Si. The maximum absolute atomic E-state index is 13.4.